The van der Waals surface area contributed by atoms with Gasteiger partial charge in [0.1, 0.15) is 4.90 Å². The van der Waals surface area contributed by atoms with Crippen LogP contribution in [-0.2, 0) is 16.6 Å². The lowest BCUT2D eigenvalue weighted by Crippen LogP contribution is -2.30. The molecular formula is C13H16N2O2S2. The van der Waals surface area contributed by atoms with Gasteiger partial charge in [0.15, 0.2) is 0 Å². The van der Waals surface area contributed by atoms with E-state index >= 15 is 0 Å². The lowest BCUT2D eigenvalue weighted by atomic mass is 10.3. The Balaban J connectivity index is 2.34. The molecule has 6 heteroatoms. The minimum absolute atomic E-state index is 0.174. The number of para-hydroxylation sites is 1. The Morgan fingerprint density at radius 2 is 1.95 bits per heavy atom. The maximum absolute atomic E-state index is 12.6. The van der Waals surface area contributed by atoms with Gasteiger partial charge in [-0.1, -0.05) is 25.1 Å². The number of rotatable bonds is 5. The summed E-state index contributed by atoms with van der Waals surface area (Å²) < 4.78 is 26.6. The Labute approximate surface area is 117 Å². The van der Waals surface area contributed by atoms with Crippen LogP contribution in [0.1, 0.15) is 11.8 Å². The van der Waals surface area contributed by atoms with Crippen LogP contribution in [0.5, 0.6) is 0 Å². The van der Waals surface area contributed by atoms with Crippen molar-refractivity contribution in [1.82, 2.24) is 4.31 Å². The van der Waals surface area contributed by atoms with E-state index in [-0.39, 0.29) is 10.6 Å². The molecule has 4 nitrogen and oxygen atoms in total. The van der Waals surface area contributed by atoms with Crippen molar-refractivity contribution < 1.29 is 8.42 Å². The first-order valence-corrected chi connectivity index (χ1v) is 8.24. The van der Waals surface area contributed by atoms with Gasteiger partial charge >= 0.3 is 0 Å². The van der Waals surface area contributed by atoms with Crippen LogP contribution in [0.3, 0.4) is 0 Å². The lowest BCUT2D eigenvalue weighted by Gasteiger charge is -2.20. The normalized spacial score (nSPS) is 11.9. The summed E-state index contributed by atoms with van der Waals surface area (Å²) in [4.78, 5) is 1.19. The van der Waals surface area contributed by atoms with E-state index < -0.39 is 10.0 Å². The SMILES string of the molecule is CCN(Cc1cccs1)S(=O)(=O)c1ccccc1N. The molecule has 0 saturated heterocycles. The van der Waals surface area contributed by atoms with Crippen molar-refractivity contribution >= 4 is 27.0 Å². The zero-order valence-electron chi connectivity index (χ0n) is 10.6. The Morgan fingerprint density at radius 3 is 2.53 bits per heavy atom. The third kappa shape index (κ3) is 2.97. The minimum Gasteiger partial charge on any atom is -0.398 e. The molecular weight excluding hydrogens is 280 g/mol. The predicted molar refractivity (Wildman–Crippen MR) is 78.4 cm³/mol. The van der Waals surface area contributed by atoms with Crippen LogP contribution < -0.4 is 5.73 Å². The van der Waals surface area contributed by atoms with Crippen molar-refractivity contribution in [3.8, 4) is 0 Å². The molecule has 0 fully saturated rings. The molecule has 0 aliphatic carbocycles. The summed E-state index contributed by atoms with van der Waals surface area (Å²) in [7, 11) is -3.54. The van der Waals surface area contributed by atoms with Gasteiger partial charge in [0.2, 0.25) is 10.0 Å². The molecule has 1 aromatic heterocycles. The molecule has 19 heavy (non-hydrogen) atoms. The Morgan fingerprint density at radius 1 is 1.21 bits per heavy atom. The van der Waals surface area contributed by atoms with Gasteiger partial charge in [0, 0.05) is 18.0 Å². The summed E-state index contributed by atoms with van der Waals surface area (Å²) in [6, 6.07) is 10.4. The number of benzene rings is 1. The molecule has 0 radical (unpaired) electrons. The first-order chi connectivity index (χ1) is 9.05. The summed E-state index contributed by atoms with van der Waals surface area (Å²) in [6.45, 7) is 2.61. The molecule has 2 N–H and O–H groups in total. The predicted octanol–water partition coefficient (Wildman–Crippen LogP) is 2.54. The average Bonchev–Trinajstić information content (AvgIpc) is 2.89. The monoisotopic (exact) mass is 296 g/mol. The largest absolute Gasteiger partial charge is 0.398 e. The molecule has 0 unspecified atom stereocenters. The molecule has 102 valence electrons. The van der Waals surface area contributed by atoms with Crippen molar-refractivity contribution in [2.45, 2.75) is 18.4 Å². The fraction of sp³-hybridized carbons (Fsp3) is 0.231. The van der Waals surface area contributed by atoms with E-state index in [1.807, 2.05) is 24.4 Å². The summed E-state index contributed by atoms with van der Waals surface area (Å²) in [5, 5.41) is 1.94. The maximum Gasteiger partial charge on any atom is 0.245 e. The van der Waals surface area contributed by atoms with Crippen molar-refractivity contribution in [2.24, 2.45) is 0 Å². The van der Waals surface area contributed by atoms with Crippen LogP contribution in [0.15, 0.2) is 46.7 Å². The van der Waals surface area contributed by atoms with E-state index in [0.717, 1.165) is 4.88 Å². The number of nitrogens with two attached hydrogens (primary N) is 1. The number of nitrogens with zero attached hydrogens (tertiary/aromatic N) is 1. The quantitative estimate of drug-likeness (QED) is 0.862. The van der Waals surface area contributed by atoms with Gasteiger partial charge in [-0.25, -0.2) is 8.42 Å². The fourth-order valence-corrected chi connectivity index (χ4v) is 4.14. The van der Waals surface area contributed by atoms with E-state index in [0.29, 0.717) is 13.1 Å². The lowest BCUT2D eigenvalue weighted by molar-refractivity contribution is 0.426. The highest BCUT2D eigenvalue weighted by Crippen LogP contribution is 2.24. The van der Waals surface area contributed by atoms with Crippen molar-refractivity contribution in [2.75, 3.05) is 12.3 Å². The van der Waals surface area contributed by atoms with Crippen LogP contribution in [-0.4, -0.2) is 19.3 Å². The molecule has 0 spiro atoms. The number of thiophene rings is 1. The third-order valence-electron chi connectivity index (χ3n) is 2.80. The highest BCUT2D eigenvalue weighted by atomic mass is 32.2. The van der Waals surface area contributed by atoms with Crippen molar-refractivity contribution in [3.63, 3.8) is 0 Å². The van der Waals surface area contributed by atoms with Gasteiger partial charge < -0.3 is 5.73 Å². The van der Waals surface area contributed by atoms with Crippen LogP contribution in [0.25, 0.3) is 0 Å². The molecule has 0 bridgehead atoms. The van der Waals surface area contributed by atoms with Crippen LogP contribution in [0, 0.1) is 0 Å². The molecule has 0 aliphatic heterocycles. The van der Waals surface area contributed by atoms with Gasteiger partial charge in [0.05, 0.1) is 5.69 Å². The van der Waals surface area contributed by atoms with Gasteiger partial charge in [-0.05, 0) is 23.6 Å². The topological polar surface area (TPSA) is 63.4 Å². The van der Waals surface area contributed by atoms with Crippen LogP contribution in [0.4, 0.5) is 5.69 Å². The summed E-state index contributed by atoms with van der Waals surface area (Å²) >= 11 is 1.54. The standard InChI is InChI=1S/C13H16N2O2S2/c1-2-15(10-11-6-5-9-18-11)19(16,17)13-8-4-3-7-12(13)14/h3-9H,2,10,14H2,1H3. The fourth-order valence-electron chi connectivity index (χ4n) is 1.80. The second-order valence-electron chi connectivity index (χ2n) is 4.05. The summed E-state index contributed by atoms with van der Waals surface area (Å²) in [5.74, 6) is 0. The highest BCUT2D eigenvalue weighted by Gasteiger charge is 2.25. The molecule has 0 atom stereocenters. The average molecular weight is 296 g/mol. The number of hydrogen-bond donors (Lipinski definition) is 1. The Hall–Kier alpha value is -1.37. The minimum atomic E-state index is -3.54. The Bertz CT molecular complexity index is 636. The van der Waals surface area contributed by atoms with Gasteiger partial charge in [0.25, 0.3) is 0 Å². The van der Waals surface area contributed by atoms with Gasteiger partial charge in [-0.2, -0.15) is 4.31 Å². The van der Waals surface area contributed by atoms with Crippen LogP contribution >= 0.6 is 11.3 Å². The van der Waals surface area contributed by atoms with E-state index in [4.69, 9.17) is 5.73 Å². The Kier molecular flexibility index (Phi) is 4.24. The molecule has 0 saturated carbocycles. The second kappa shape index (κ2) is 5.73. The van der Waals surface area contributed by atoms with Crippen LogP contribution in [0.2, 0.25) is 0 Å². The first kappa shape index (κ1) is 14.0. The first-order valence-electron chi connectivity index (χ1n) is 5.92. The molecule has 1 heterocycles. The van der Waals surface area contributed by atoms with Gasteiger partial charge in [-0.15, -0.1) is 11.3 Å². The maximum atomic E-state index is 12.6. The van der Waals surface area contributed by atoms with E-state index in [2.05, 4.69) is 0 Å². The molecule has 0 aliphatic rings. The van der Waals surface area contributed by atoms with E-state index in [1.165, 1.54) is 4.31 Å². The zero-order chi connectivity index (χ0) is 13.9. The number of nitrogen functional groups attached to an aromatic ring is 1. The van der Waals surface area contributed by atoms with Gasteiger partial charge in [-0.3, -0.25) is 0 Å². The molecule has 2 rings (SSSR count). The summed E-state index contributed by atoms with van der Waals surface area (Å²) in [5.41, 5.74) is 6.05. The van der Waals surface area contributed by atoms with E-state index in [9.17, 15) is 8.42 Å². The van der Waals surface area contributed by atoms with Crippen molar-refractivity contribution in [3.05, 3.63) is 46.7 Å². The molecule has 1 aromatic carbocycles. The molecule has 0 amide bonds. The summed E-state index contributed by atoms with van der Waals surface area (Å²) in [6.07, 6.45) is 0. The van der Waals surface area contributed by atoms with Crippen molar-refractivity contribution in [1.29, 1.82) is 0 Å². The molecule has 2 aromatic rings. The zero-order valence-corrected chi connectivity index (χ0v) is 12.2. The second-order valence-corrected chi connectivity index (χ2v) is 6.99. The number of anilines is 1. The highest BCUT2D eigenvalue weighted by molar-refractivity contribution is 7.89. The third-order valence-corrected chi connectivity index (χ3v) is 5.66. The number of sulfonamides is 1. The van der Waals surface area contributed by atoms with E-state index in [1.54, 1.807) is 35.6 Å². The smallest absolute Gasteiger partial charge is 0.245 e. The number of hydrogen-bond acceptors (Lipinski definition) is 4.